The van der Waals surface area contributed by atoms with E-state index in [9.17, 15) is 5.11 Å². The second-order valence-corrected chi connectivity index (χ2v) is 7.23. The van der Waals surface area contributed by atoms with Crippen LogP contribution < -0.4 is 4.74 Å². The van der Waals surface area contributed by atoms with Crippen molar-refractivity contribution in [2.45, 2.75) is 26.5 Å². The lowest BCUT2D eigenvalue weighted by atomic mass is 10.1. The Morgan fingerprint density at radius 2 is 1.62 bits per heavy atom. The number of hydrogen-bond donors (Lipinski definition) is 1. The van der Waals surface area contributed by atoms with E-state index in [1.807, 2.05) is 12.1 Å². The fourth-order valence-corrected chi connectivity index (χ4v) is 3.39. The molecular weight excluding hydrogens is 324 g/mol. The number of β-amino-alcohol motifs (C(OH)–C–C–N with tert-alkyl or cyclic N) is 1. The Kier molecular flexibility index (Phi) is 6.67. The largest absolute Gasteiger partial charge is 0.491 e. The van der Waals surface area contributed by atoms with Crippen molar-refractivity contribution >= 4 is 0 Å². The summed E-state index contributed by atoms with van der Waals surface area (Å²) in [5.41, 5.74) is 3.73. The van der Waals surface area contributed by atoms with Gasteiger partial charge in [0, 0.05) is 39.3 Å². The Balaban J connectivity index is 1.39. The van der Waals surface area contributed by atoms with E-state index in [-0.39, 0.29) is 0 Å². The van der Waals surface area contributed by atoms with Crippen molar-refractivity contribution in [2.24, 2.45) is 0 Å². The van der Waals surface area contributed by atoms with Crippen LogP contribution in [0.2, 0.25) is 0 Å². The van der Waals surface area contributed by atoms with E-state index in [1.165, 1.54) is 11.1 Å². The molecule has 1 saturated heterocycles. The van der Waals surface area contributed by atoms with Crippen LogP contribution in [0, 0.1) is 13.8 Å². The Bertz CT molecular complexity index is 682. The van der Waals surface area contributed by atoms with Crippen LogP contribution in [0.3, 0.4) is 0 Å². The van der Waals surface area contributed by atoms with Gasteiger partial charge in [-0.3, -0.25) is 9.80 Å². The molecule has 2 aromatic carbocycles. The predicted molar refractivity (Wildman–Crippen MR) is 106 cm³/mol. The molecule has 4 heteroatoms. The third-order valence-corrected chi connectivity index (χ3v) is 5.17. The molecule has 0 aliphatic carbocycles. The molecule has 0 saturated carbocycles. The second-order valence-electron chi connectivity index (χ2n) is 7.23. The van der Waals surface area contributed by atoms with Crippen LogP contribution in [-0.4, -0.2) is 60.3 Å². The summed E-state index contributed by atoms with van der Waals surface area (Å²) in [5.74, 6) is 0.872. The van der Waals surface area contributed by atoms with Crippen LogP contribution in [0.4, 0.5) is 0 Å². The minimum Gasteiger partial charge on any atom is -0.491 e. The molecule has 1 N–H and O–H groups in total. The van der Waals surface area contributed by atoms with E-state index in [2.05, 4.69) is 60.0 Å². The standard InChI is InChI=1S/C22H30N2O2/c1-18-7-6-10-22(19(18)2)26-17-21(25)16-24-13-11-23(12-14-24)15-20-8-4-3-5-9-20/h3-10,21,25H,11-17H2,1-2H3/t21-/m0/s1. The van der Waals surface area contributed by atoms with E-state index in [0.717, 1.165) is 44.0 Å². The lowest BCUT2D eigenvalue weighted by molar-refractivity contribution is 0.0444. The molecule has 1 atom stereocenters. The van der Waals surface area contributed by atoms with Crippen molar-refractivity contribution in [3.63, 3.8) is 0 Å². The van der Waals surface area contributed by atoms with Gasteiger partial charge in [0.1, 0.15) is 18.5 Å². The van der Waals surface area contributed by atoms with Crippen LogP contribution >= 0.6 is 0 Å². The molecule has 1 fully saturated rings. The van der Waals surface area contributed by atoms with E-state index in [1.54, 1.807) is 0 Å². The van der Waals surface area contributed by atoms with Gasteiger partial charge in [-0.1, -0.05) is 42.5 Å². The molecule has 0 amide bonds. The SMILES string of the molecule is Cc1cccc(OC[C@@H](O)CN2CCN(Cc3ccccc3)CC2)c1C. The van der Waals surface area contributed by atoms with Gasteiger partial charge in [-0.2, -0.15) is 0 Å². The van der Waals surface area contributed by atoms with Crippen LogP contribution in [0.15, 0.2) is 48.5 Å². The maximum absolute atomic E-state index is 10.3. The molecule has 1 aliphatic rings. The first-order chi connectivity index (χ1) is 12.6. The number of ether oxygens (including phenoxy) is 1. The third kappa shape index (κ3) is 5.31. The monoisotopic (exact) mass is 354 g/mol. The molecular formula is C22H30N2O2. The second kappa shape index (κ2) is 9.17. The van der Waals surface area contributed by atoms with Crippen molar-refractivity contribution in [3.05, 3.63) is 65.2 Å². The van der Waals surface area contributed by atoms with E-state index >= 15 is 0 Å². The zero-order chi connectivity index (χ0) is 18.4. The van der Waals surface area contributed by atoms with E-state index < -0.39 is 6.10 Å². The van der Waals surface area contributed by atoms with Crippen LogP contribution in [0.5, 0.6) is 5.75 Å². The summed E-state index contributed by atoms with van der Waals surface area (Å²) in [6, 6.07) is 16.7. The van der Waals surface area contributed by atoms with E-state index in [4.69, 9.17) is 4.74 Å². The summed E-state index contributed by atoms with van der Waals surface area (Å²) < 4.78 is 5.83. The van der Waals surface area contributed by atoms with Gasteiger partial charge in [-0.05, 0) is 36.6 Å². The molecule has 2 aromatic rings. The average molecular weight is 354 g/mol. The van der Waals surface area contributed by atoms with Crippen molar-refractivity contribution in [1.29, 1.82) is 0 Å². The van der Waals surface area contributed by atoms with Gasteiger partial charge >= 0.3 is 0 Å². The van der Waals surface area contributed by atoms with Gasteiger partial charge in [-0.25, -0.2) is 0 Å². The molecule has 0 radical (unpaired) electrons. The molecule has 0 spiro atoms. The molecule has 140 valence electrons. The van der Waals surface area contributed by atoms with Gasteiger partial charge in [0.25, 0.3) is 0 Å². The highest BCUT2D eigenvalue weighted by Crippen LogP contribution is 2.20. The molecule has 1 aliphatic heterocycles. The number of nitrogens with zero attached hydrogens (tertiary/aromatic N) is 2. The predicted octanol–water partition coefficient (Wildman–Crippen LogP) is 2.86. The summed E-state index contributed by atoms with van der Waals surface area (Å²) in [5, 5.41) is 10.3. The highest BCUT2D eigenvalue weighted by atomic mass is 16.5. The summed E-state index contributed by atoms with van der Waals surface area (Å²) in [6.07, 6.45) is -0.462. The Labute approximate surface area is 157 Å². The first kappa shape index (κ1) is 18.9. The maximum Gasteiger partial charge on any atom is 0.122 e. The Morgan fingerprint density at radius 1 is 0.923 bits per heavy atom. The number of aliphatic hydroxyl groups excluding tert-OH is 1. The minimum atomic E-state index is -0.462. The third-order valence-electron chi connectivity index (χ3n) is 5.17. The van der Waals surface area contributed by atoms with Gasteiger partial charge in [0.2, 0.25) is 0 Å². The molecule has 4 nitrogen and oxygen atoms in total. The molecule has 3 rings (SSSR count). The molecule has 0 bridgehead atoms. The lowest BCUT2D eigenvalue weighted by Gasteiger charge is -2.35. The maximum atomic E-state index is 10.3. The van der Waals surface area contributed by atoms with Crippen LogP contribution in [0.1, 0.15) is 16.7 Å². The topological polar surface area (TPSA) is 35.9 Å². The van der Waals surface area contributed by atoms with E-state index in [0.29, 0.717) is 13.2 Å². The van der Waals surface area contributed by atoms with Gasteiger partial charge in [-0.15, -0.1) is 0 Å². The summed E-state index contributed by atoms with van der Waals surface area (Å²) >= 11 is 0. The number of rotatable bonds is 7. The van der Waals surface area contributed by atoms with Gasteiger partial charge in [0.15, 0.2) is 0 Å². The Hall–Kier alpha value is -1.88. The van der Waals surface area contributed by atoms with Crippen LogP contribution in [0.25, 0.3) is 0 Å². The quantitative estimate of drug-likeness (QED) is 0.829. The lowest BCUT2D eigenvalue weighted by Crippen LogP contribution is -2.48. The number of aryl methyl sites for hydroxylation is 1. The molecule has 26 heavy (non-hydrogen) atoms. The van der Waals surface area contributed by atoms with Crippen LogP contribution in [-0.2, 0) is 6.54 Å². The summed E-state index contributed by atoms with van der Waals surface area (Å²) in [4.78, 5) is 4.81. The summed E-state index contributed by atoms with van der Waals surface area (Å²) in [6.45, 7) is 10.2. The Morgan fingerprint density at radius 3 is 2.35 bits per heavy atom. The fourth-order valence-electron chi connectivity index (χ4n) is 3.39. The normalized spacial score (nSPS) is 17.2. The molecule has 0 unspecified atom stereocenters. The zero-order valence-corrected chi connectivity index (χ0v) is 15.9. The fraction of sp³-hybridized carbons (Fsp3) is 0.455. The highest BCUT2D eigenvalue weighted by Gasteiger charge is 2.19. The molecule has 0 aromatic heterocycles. The minimum absolute atomic E-state index is 0.342. The van der Waals surface area contributed by atoms with Crippen molar-refractivity contribution in [2.75, 3.05) is 39.3 Å². The van der Waals surface area contributed by atoms with Gasteiger partial charge < -0.3 is 9.84 Å². The summed E-state index contributed by atoms with van der Waals surface area (Å²) in [7, 11) is 0. The first-order valence-corrected chi connectivity index (χ1v) is 9.47. The van der Waals surface area contributed by atoms with Crippen molar-refractivity contribution < 1.29 is 9.84 Å². The number of piperazine rings is 1. The first-order valence-electron chi connectivity index (χ1n) is 9.47. The van der Waals surface area contributed by atoms with Crippen molar-refractivity contribution in [3.8, 4) is 5.75 Å². The van der Waals surface area contributed by atoms with Gasteiger partial charge in [0.05, 0.1) is 0 Å². The zero-order valence-electron chi connectivity index (χ0n) is 15.9. The number of aliphatic hydroxyl groups is 1. The smallest absolute Gasteiger partial charge is 0.122 e. The average Bonchev–Trinajstić information content (AvgIpc) is 2.65. The number of benzene rings is 2. The van der Waals surface area contributed by atoms with Crippen molar-refractivity contribution in [1.82, 2.24) is 9.80 Å². The number of hydrogen-bond acceptors (Lipinski definition) is 4. The highest BCUT2D eigenvalue weighted by molar-refractivity contribution is 5.38. The molecule has 1 heterocycles.